The molecule has 0 saturated heterocycles. The number of carbonyl (C=O) groups excluding carboxylic acids is 2. The summed E-state index contributed by atoms with van der Waals surface area (Å²) in [4.78, 5) is 34.4. The Bertz CT molecular complexity index is 391. The lowest BCUT2D eigenvalue weighted by molar-refractivity contribution is -0.139. The molecule has 2 amide bonds. The molecule has 0 aromatic heterocycles. The molecular weight excluding hydrogens is 302 g/mol. The highest BCUT2D eigenvalue weighted by Crippen LogP contribution is 2.02. The highest BCUT2D eigenvalue weighted by Gasteiger charge is 2.20. The molecule has 9 heteroatoms. The summed E-state index contributed by atoms with van der Waals surface area (Å²) in [5.74, 6) is -1.75. The van der Waals surface area contributed by atoms with E-state index in [9.17, 15) is 14.4 Å². The minimum atomic E-state index is -1.05. The number of unbranched alkanes of at least 4 members (excludes halogenated alkanes) is 1. The Balaban J connectivity index is 4.41. The lowest BCUT2D eigenvalue weighted by Gasteiger charge is -2.22. The van der Waals surface area contributed by atoms with Crippen molar-refractivity contribution in [2.75, 3.05) is 20.1 Å². The molecule has 0 saturated carbocycles. The van der Waals surface area contributed by atoms with Gasteiger partial charge in [0.15, 0.2) is 0 Å². The predicted octanol–water partition coefficient (Wildman–Crippen LogP) is -1.22. The maximum absolute atomic E-state index is 12.0. The van der Waals surface area contributed by atoms with Crippen molar-refractivity contribution < 1.29 is 19.5 Å². The van der Waals surface area contributed by atoms with Crippen molar-refractivity contribution in [3.05, 3.63) is 0 Å². The lowest BCUT2D eigenvalue weighted by Crippen LogP contribution is -2.49. The number of hydrazine groups is 1. The quantitative estimate of drug-likeness (QED) is 0.281. The number of carboxylic acid groups (broad SMARTS) is 1. The summed E-state index contributed by atoms with van der Waals surface area (Å²) in [5.41, 5.74) is 13.7. The third-order valence-electron chi connectivity index (χ3n) is 3.19. The standard InChI is InChI=1S/C14H29N5O4/c1-3-4-5-11(16)14(23)17-10(6-7-15)8-12(20)18-19(2)9-13(21)22/h10-11H,3-9,15-16H2,1-2H3,(H,17,23)(H,18,20)(H,21,22)/t10-,11-/m0/s1. The van der Waals surface area contributed by atoms with Gasteiger partial charge in [-0.1, -0.05) is 19.8 Å². The monoisotopic (exact) mass is 331 g/mol. The zero-order valence-electron chi connectivity index (χ0n) is 13.9. The first-order valence-electron chi connectivity index (χ1n) is 7.78. The Morgan fingerprint density at radius 3 is 2.43 bits per heavy atom. The Kier molecular flexibility index (Phi) is 10.9. The summed E-state index contributed by atoms with van der Waals surface area (Å²) in [6, 6.07) is -1.04. The molecule has 0 aliphatic rings. The molecule has 134 valence electrons. The number of aliphatic carboxylic acids is 1. The molecule has 0 aromatic carbocycles. The minimum Gasteiger partial charge on any atom is -0.480 e. The van der Waals surface area contributed by atoms with Crippen LogP contribution >= 0.6 is 0 Å². The van der Waals surface area contributed by atoms with Gasteiger partial charge in [-0.3, -0.25) is 19.8 Å². The molecule has 7 N–H and O–H groups in total. The van der Waals surface area contributed by atoms with E-state index in [0.717, 1.165) is 12.8 Å². The number of hydrogen-bond acceptors (Lipinski definition) is 6. The molecule has 0 unspecified atom stereocenters. The van der Waals surface area contributed by atoms with Crippen molar-refractivity contribution in [1.82, 2.24) is 15.8 Å². The van der Waals surface area contributed by atoms with Crippen molar-refractivity contribution in [1.29, 1.82) is 0 Å². The van der Waals surface area contributed by atoms with Crippen molar-refractivity contribution in [3.8, 4) is 0 Å². The van der Waals surface area contributed by atoms with Crippen LogP contribution in [-0.2, 0) is 14.4 Å². The summed E-state index contributed by atoms with van der Waals surface area (Å²) in [6.07, 6.45) is 2.84. The number of nitrogens with zero attached hydrogens (tertiary/aromatic N) is 1. The number of hydrogen-bond donors (Lipinski definition) is 5. The first kappa shape index (κ1) is 21.3. The second-order valence-electron chi connectivity index (χ2n) is 5.52. The van der Waals surface area contributed by atoms with Gasteiger partial charge in [0, 0.05) is 19.5 Å². The molecular formula is C14H29N5O4. The number of amides is 2. The van der Waals surface area contributed by atoms with Gasteiger partial charge in [-0.25, -0.2) is 5.01 Å². The van der Waals surface area contributed by atoms with Crippen molar-refractivity contribution in [3.63, 3.8) is 0 Å². The molecule has 0 radical (unpaired) electrons. The Morgan fingerprint density at radius 2 is 1.91 bits per heavy atom. The van der Waals surface area contributed by atoms with Gasteiger partial charge in [-0.05, 0) is 19.4 Å². The minimum absolute atomic E-state index is 0.00734. The number of nitrogens with two attached hydrogens (primary N) is 2. The van der Waals surface area contributed by atoms with E-state index in [2.05, 4.69) is 10.7 Å². The zero-order valence-corrected chi connectivity index (χ0v) is 13.9. The second-order valence-corrected chi connectivity index (χ2v) is 5.52. The summed E-state index contributed by atoms with van der Waals surface area (Å²) in [7, 11) is 1.45. The maximum Gasteiger partial charge on any atom is 0.319 e. The van der Waals surface area contributed by atoms with E-state index in [1.807, 2.05) is 6.92 Å². The third-order valence-corrected chi connectivity index (χ3v) is 3.19. The average Bonchev–Trinajstić information content (AvgIpc) is 2.43. The summed E-state index contributed by atoms with van der Waals surface area (Å²) in [6.45, 7) is 2.01. The summed E-state index contributed by atoms with van der Waals surface area (Å²) >= 11 is 0. The smallest absolute Gasteiger partial charge is 0.319 e. The number of carboxylic acids is 1. The van der Waals surface area contributed by atoms with Gasteiger partial charge < -0.3 is 21.9 Å². The van der Waals surface area contributed by atoms with Gasteiger partial charge in [0.1, 0.15) is 6.54 Å². The molecule has 0 aromatic rings. The number of nitrogens with one attached hydrogen (secondary N) is 2. The van der Waals surface area contributed by atoms with E-state index in [0.29, 0.717) is 19.4 Å². The van der Waals surface area contributed by atoms with E-state index < -0.39 is 24.0 Å². The lowest BCUT2D eigenvalue weighted by atomic mass is 10.1. The summed E-state index contributed by atoms with van der Waals surface area (Å²) in [5, 5.41) is 12.5. The van der Waals surface area contributed by atoms with Crippen LogP contribution in [0.5, 0.6) is 0 Å². The van der Waals surface area contributed by atoms with Crippen LogP contribution in [-0.4, -0.2) is 60.1 Å². The van der Waals surface area contributed by atoms with Crippen LogP contribution < -0.4 is 22.2 Å². The van der Waals surface area contributed by atoms with Crippen LogP contribution in [0, 0.1) is 0 Å². The third kappa shape index (κ3) is 10.6. The molecule has 0 rings (SSSR count). The average molecular weight is 331 g/mol. The van der Waals surface area contributed by atoms with Gasteiger partial charge >= 0.3 is 5.97 Å². The van der Waals surface area contributed by atoms with Crippen molar-refractivity contribution >= 4 is 17.8 Å². The largest absolute Gasteiger partial charge is 0.480 e. The normalized spacial score (nSPS) is 13.4. The van der Waals surface area contributed by atoms with Gasteiger partial charge in [0.2, 0.25) is 11.8 Å². The van der Waals surface area contributed by atoms with E-state index in [-0.39, 0.29) is 18.9 Å². The van der Waals surface area contributed by atoms with Crippen LogP contribution in [0.3, 0.4) is 0 Å². The molecule has 0 spiro atoms. The van der Waals surface area contributed by atoms with Crippen molar-refractivity contribution in [2.45, 2.75) is 51.1 Å². The number of carbonyl (C=O) groups is 3. The second kappa shape index (κ2) is 11.8. The van der Waals surface area contributed by atoms with Crippen LogP contribution in [0.1, 0.15) is 39.0 Å². The van der Waals surface area contributed by atoms with Gasteiger partial charge in [0.05, 0.1) is 6.04 Å². The van der Waals surface area contributed by atoms with E-state index in [4.69, 9.17) is 16.6 Å². The maximum atomic E-state index is 12.0. The van der Waals surface area contributed by atoms with Gasteiger partial charge in [0.25, 0.3) is 0 Å². The first-order chi connectivity index (χ1) is 10.8. The number of rotatable bonds is 12. The van der Waals surface area contributed by atoms with E-state index in [1.54, 1.807) is 0 Å². The van der Waals surface area contributed by atoms with Crippen LogP contribution in [0.25, 0.3) is 0 Å². The molecule has 0 bridgehead atoms. The Morgan fingerprint density at radius 1 is 1.26 bits per heavy atom. The van der Waals surface area contributed by atoms with Crippen LogP contribution in [0.4, 0.5) is 0 Å². The van der Waals surface area contributed by atoms with Crippen LogP contribution in [0.15, 0.2) is 0 Å². The first-order valence-corrected chi connectivity index (χ1v) is 7.78. The molecule has 0 fully saturated rings. The van der Waals surface area contributed by atoms with Crippen LogP contribution in [0.2, 0.25) is 0 Å². The molecule has 23 heavy (non-hydrogen) atoms. The molecule has 0 aliphatic carbocycles. The van der Waals surface area contributed by atoms with E-state index >= 15 is 0 Å². The highest BCUT2D eigenvalue weighted by atomic mass is 16.4. The van der Waals surface area contributed by atoms with Gasteiger partial charge in [-0.2, -0.15) is 0 Å². The van der Waals surface area contributed by atoms with Crippen molar-refractivity contribution in [2.24, 2.45) is 11.5 Å². The Labute approximate surface area is 136 Å². The fourth-order valence-corrected chi connectivity index (χ4v) is 2.01. The topological polar surface area (TPSA) is 151 Å². The zero-order chi connectivity index (χ0) is 17.8. The van der Waals surface area contributed by atoms with E-state index in [1.165, 1.54) is 12.1 Å². The van der Waals surface area contributed by atoms with Gasteiger partial charge in [-0.15, -0.1) is 0 Å². The highest BCUT2D eigenvalue weighted by molar-refractivity contribution is 5.83. The SMILES string of the molecule is CCCC[C@H](N)C(=O)N[C@@H](CCN)CC(=O)NN(C)CC(=O)O. The fraction of sp³-hybridized carbons (Fsp3) is 0.786. The molecule has 9 nitrogen and oxygen atoms in total. The summed E-state index contributed by atoms with van der Waals surface area (Å²) < 4.78 is 0. The molecule has 0 aliphatic heterocycles. The molecule has 0 heterocycles. The Hall–Kier alpha value is -1.71. The molecule has 2 atom stereocenters. The fourth-order valence-electron chi connectivity index (χ4n) is 2.01. The number of likely N-dealkylation sites (N-methyl/N-ethyl adjacent to an activating group) is 1. The predicted molar refractivity (Wildman–Crippen MR) is 86.1 cm³/mol.